The molecule has 2 N–H and O–H groups in total. The average Bonchev–Trinajstić information content (AvgIpc) is 2.79. The summed E-state index contributed by atoms with van der Waals surface area (Å²) in [4.78, 5) is 17.4. The molecule has 0 aliphatic carbocycles. The molecule has 30 heavy (non-hydrogen) atoms. The molecule has 0 radical (unpaired) electrons. The van der Waals surface area contributed by atoms with Crippen molar-refractivity contribution < 1.29 is 13.2 Å². The Morgan fingerprint density at radius 2 is 1.60 bits per heavy atom. The van der Waals surface area contributed by atoms with E-state index < -0.39 is 10.0 Å². The number of carbonyl (C=O) groups is 1. The number of amides is 1. The van der Waals surface area contributed by atoms with Crippen molar-refractivity contribution in [2.75, 3.05) is 5.32 Å². The number of sulfonamides is 1. The minimum Gasteiger partial charge on any atom is -0.321 e. The lowest BCUT2D eigenvalue weighted by Gasteiger charge is -2.13. The molecular formula is C23H19N3O3S. The van der Waals surface area contributed by atoms with Crippen LogP contribution < -0.4 is 10.0 Å². The average molecular weight is 417 g/mol. The molecule has 0 fully saturated rings. The first kappa shape index (κ1) is 19.8. The van der Waals surface area contributed by atoms with E-state index in [9.17, 15) is 13.2 Å². The molecular weight excluding hydrogens is 398 g/mol. The van der Waals surface area contributed by atoms with Crippen LogP contribution in [-0.2, 0) is 16.6 Å². The maximum absolute atomic E-state index is 13.0. The molecule has 7 heteroatoms. The number of anilines is 1. The van der Waals surface area contributed by atoms with Gasteiger partial charge in [-0.3, -0.25) is 9.78 Å². The van der Waals surface area contributed by atoms with Crippen LogP contribution in [0.3, 0.4) is 0 Å². The third kappa shape index (κ3) is 4.22. The van der Waals surface area contributed by atoms with Gasteiger partial charge in [-0.05, 0) is 48.0 Å². The lowest BCUT2D eigenvalue weighted by Crippen LogP contribution is -2.25. The molecule has 1 amide bonds. The SMILES string of the molecule is O=C(Nc1cccc2ncccc12)c1ccccc1CNS(=O)(=O)c1ccccc1. The van der Waals surface area contributed by atoms with Gasteiger partial charge in [0.2, 0.25) is 10.0 Å². The van der Waals surface area contributed by atoms with Crippen molar-refractivity contribution in [3.05, 3.63) is 102 Å². The van der Waals surface area contributed by atoms with Gasteiger partial charge in [0, 0.05) is 23.7 Å². The van der Waals surface area contributed by atoms with Gasteiger partial charge in [-0.15, -0.1) is 0 Å². The fourth-order valence-corrected chi connectivity index (χ4v) is 4.18. The van der Waals surface area contributed by atoms with Gasteiger partial charge in [0.1, 0.15) is 0 Å². The molecule has 6 nitrogen and oxygen atoms in total. The maximum atomic E-state index is 13.0. The number of fused-ring (bicyclic) bond motifs is 1. The highest BCUT2D eigenvalue weighted by Gasteiger charge is 2.17. The molecule has 0 saturated carbocycles. The van der Waals surface area contributed by atoms with Gasteiger partial charge in [0.05, 0.1) is 16.1 Å². The van der Waals surface area contributed by atoms with E-state index in [1.807, 2.05) is 30.3 Å². The van der Waals surface area contributed by atoms with Crippen molar-refractivity contribution in [2.24, 2.45) is 0 Å². The molecule has 3 aromatic carbocycles. The molecule has 0 spiro atoms. The molecule has 0 unspecified atom stereocenters. The number of carbonyl (C=O) groups excluding carboxylic acids is 1. The van der Waals surface area contributed by atoms with E-state index in [0.29, 0.717) is 16.8 Å². The molecule has 1 heterocycles. The number of hydrogen-bond donors (Lipinski definition) is 2. The number of rotatable bonds is 6. The Morgan fingerprint density at radius 3 is 2.43 bits per heavy atom. The van der Waals surface area contributed by atoms with Crippen molar-refractivity contribution in [2.45, 2.75) is 11.4 Å². The van der Waals surface area contributed by atoms with Gasteiger partial charge in [0.25, 0.3) is 5.91 Å². The molecule has 0 bridgehead atoms. The van der Waals surface area contributed by atoms with E-state index in [-0.39, 0.29) is 17.3 Å². The van der Waals surface area contributed by atoms with Crippen LogP contribution >= 0.6 is 0 Å². The second-order valence-corrected chi connectivity index (χ2v) is 8.39. The highest BCUT2D eigenvalue weighted by Crippen LogP contribution is 2.22. The molecule has 4 aromatic rings. The monoisotopic (exact) mass is 417 g/mol. The number of nitrogens with zero attached hydrogens (tertiary/aromatic N) is 1. The summed E-state index contributed by atoms with van der Waals surface area (Å²) in [6, 6.07) is 24.2. The fourth-order valence-electron chi connectivity index (χ4n) is 3.15. The Morgan fingerprint density at radius 1 is 0.833 bits per heavy atom. The number of pyridine rings is 1. The zero-order chi connectivity index (χ0) is 21.0. The van der Waals surface area contributed by atoms with Gasteiger partial charge in [-0.1, -0.05) is 42.5 Å². The topological polar surface area (TPSA) is 88.2 Å². The van der Waals surface area contributed by atoms with E-state index in [1.165, 1.54) is 12.1 Å². The second kappa shape index (κ2) is 8.44. The third-order valence-electron chi connectivity index (χ3n) is 4.66. The van der Waals surface area contributed by atoms with E-state index in [2.05, 4.69) is 15.0 Å². The summed E-state index contributed by atoms with van der Waals surface area (Å²) in [7, 11) is -3.68. The maximum Gasteiger partial charge on any atom is 0.256 e. The third-order valence-corrected chi connectivity index (χ3v) is 6.08. The first-order valence-corrected chi connectivity index (χ1v) is 10.8. The summed E-state index contributed by atoms with van der Waals surface area (Å²) in [6.07, 6.45) is 1.70. The van der Waals surface area contributed by atoms with Crippen molar-refractivity contribution in [1.82, 2.24) is 9.71 Å². The van der Waals surface area contributed by atoms with Crippen LogP contribution in [0.25, 0.3) is 10.9 Å². The number of nitrogens with one attached hydrogen (secondary N) is 2. The predicted molar refractivity (Wildman–Crippen MR) is 117 cm³/mol. The highest BCUT2D eigenvalue weighted by molar-refractivity contribution is 7.89. The number of benzene rings is 3. The zero-order valence-corrected chi connectivity index (χ0v) is 16.8. The van der Waals surface area contributed by atoms with Gasteiger partial charge in [-0.2, -0.15) is 0 Å². The van der Waals surface area contributed by atoms with E-state index in [1.54, 1.807) is 48.7 Å². The predicted octanol–water partition coefficient (Wildman–Crippen LogP) is 3.97. The molecule has 0 aliphatic heterocycles. The Balaban J connectivity index is 1.56. The molecule has 0 atom stereocenters. The van der Waals surface area contributed by atoms with E-state index >= 15 is 0 Å². The van der Waals surface area contributed by atoms with Gasteiger partial charge in [-0.25, -0.2) is 13.1 Å². The quantitative estimate of drug-likeness (QED) is 0.497. The summed E-state index contributed by atoms with van der Waals surface area (Å²) < 4.78 is 27.6. The first-order valence-electron chi connectivity index (χ1n) is 9.32. The van der Waals surface area contributed by atoms with Crippen molar-refractivity contribution in [1.29, 1.82) is 0 Å². The highest BCUT2D eigenvalue weighted by atomic mass is 32.2. The minimum absolute atomic E-state index is 0.00207. The van der Waals surface area contributed by atoms with Crippen LogP contribution in [0.2, 0.25) is 0 Å². The van der Waals surface area contributed by atoms with Crippen LogP contribution in [0.5, 0.6) is 0 Å². The van der Waals surface area contributed by atoms with Crippen LogP contribution in [0.4, 0.5) is 5.69 Å². The van der Waals surface area contributed by atoms with E-state index in [4.69, 9.17) is 0 Å². The summed E-state index contributed by atoms with van der Waals surface area (Å²) >= 11 is 0. The van der Waals surface area contributed by atoms with Crippen molar-refractivity contribution in [3.8, 4) is 0 Å². The molecule has 150 valence electrons. The largest absolute Gasteiger partial charge is 0.321 e. The Bertz CT molecular complexity index is 1300. The summed E-state index contributed by atoms with van der Waals surface area (Å²) in [6.45, 7) is -0.00207. The number of aromatic nitrogens is 1. The Hall–Kier alpha value is -3.55. The van der Waals surface area contributed by atoms with Gasteiger partial charge >= 0.3 is 0 Å². The molecule has 1 aromatic heterocycles. The normalized spacial score (nSPS) is 11.3. The van der Waals surface area contributed by atoms with Crippen molar-refractivity contribution >= 4 is 32.5 Å². The summed E-state index contributed by atoms with van der Waals surface area (Å²) in [5.74, 6) is -0.319. The smallest absolute Gasteiger partial charge is 0.256 e. The van der Waals surface area contributed by atoms with Gasteiger partial charge in [0.15, 0.2) is 0 Å². The minimum atomic E-state index is -3.68. The zero-order valence-electron chi connectivity index (χ0n) is 15.9. The number of hydrogen-bond acceptors (Lipinski definition) is 4. The second-order valence-electron chi connectivity index (χ2n) is 6.62. The summed E-state index contributed by atoms with van der Waals surface area (Å²) in [5, 5.41) is 3.74. The fraction of sp³-hybridized carbons (Fsp3) is 0.0435. The lowest BCUT2D eigenvalue weighted by atomic mass is 10.1. The molecule has 0 aliphatic rings. The standard InChI is InChI=1S/C23H19N3O3S/c27-23(26-22-14-6-13-21-20(22)12-7-15-24-21)19-11-5-4-8-17(19)16-25-30(28,29)18-9-2-1-3-10-18/h1-15,25H,16H2,(H,26,27). The first-order chi connectivity index (χ1) is 14.5. The van der Waals surface area contributed by atoms with Crippen LogP contribution in [0.1, 0.15) is 15.9 Å². The van der Waals surface area contributed by atoms with Crippen LogP contribution in [-0.4, -0.2) is 19.3 Å². The Labute approximate surface area is 174 Å². The Kier molecular flexibility index (Phi) is 5.56. The molecule has 4 rings (SSSR count). The van der Waals surface area contributed by atoms with Crippen molar-refractivity contribution in [3.63, 3.8) is 0 Å². The van der Waals surface area contributed by atoms with E-state index in [0.717, 1.165) is 10.9 Å². The lowest BCUT2D eigenvalue weighted by molar-refractivity contribution is 0.102. The van der Waals surface area contributed by atoms with Gasteiger partial charge < -0.3 is 5.32 Å². The summed E-state index contributed by atoms with van der Waals surface area (Å²) in [5.41, 5.74) is 2.39. The molecule has 0 saturated heterocycles. The van der Waals surface area contributed by atoms with Crippen LogP contribution in [0.15, 0.2) is 96.0 Å². The van der Waals surface area contributed by atoms with Crippen LogP contribution in [0, 0.1) is 0 Å².